The van der Waals surface area contributed by atoms with Crippen LogP contribution in [-0.2, 0) is 0 Å². The molecule has 0 radical (unpaired) electrons. The second-order valence-electron chi connectivity index (χ2n) is 7.23. The van der Waals surface area contributed by atoms with Gasteiger partial charge in [0.15, 0.2) is 5.76 Å². The number of para-hydroxylation sites is 1. The number of rotatable bonds is 3. The van der Waals surface area contributed by atoms with Crippen LogP contribution < -0.4 is 0 Å². The summed E-state index contributed by atoms with van der Waals surface area (Å²) in [6.07, 6.45) is 1.76. The van der Waals surface area contributed by atoms with Gasteiger partial charge in [-0.25, -0.2) is 9.37 Å². The van der Waals surface area contributed by atoms with Crippen molar-refractivity contribution in [3.63, 3.8) is 0 Å². The third-order valence-electron chi connectivity index (χ3n) is 5.40. The molecule has 0 aliphatic carbocycles. The molecule has 1 aliphatic heterocycles. The largest absolute Gasteiger partial charge is 0.451 e. The molecule has 0 saturated carbocycles. The van der Waals surface area contributed by atoms with Gasteiger partial charge in [-0.1, -0.05) is 24.3 Å². The zero-order chi connectivity index (χ0) is 19.8. The Hall–Kier alpha value is -2.99. The van der Waals surface area contributed by atoms with E-state index in [1.807, 2.05) is 23.1 Å². The number of halogens is 1. The smallest absolute Gasteiger partial charge is 0.289 e. The van der Waals surface area contributed by atoms with Crippen molar-refractivity contribution in [3.8, 4) is 11.3 Å². The lowest BCUT2D eigenvalue weighted by atomic mass is 9.97. The molecule has 1 aliphatic rings. The number of piperidine rings is 1. The van der Waals surface area contributed by atoms with E-state index >= 15 is 0 Å². The van der Waals surface area contributed by atoms with Crippen LogP contribution in [0.2, 0.25) is 0 Å². The van der Waals surface area contributed by atoms with Gasteiger partial charge in [0.05, 0.1) is 20.8 Å². The van der Waals surface area contributed by atoms with E-state index in [0.717, 1.165) is 23.4 Å². The Labute approximate surface area is 171 Å². The zero-order valence-electron chi connectivity index (χ0n) is 15.7. The maximum atomic E-state index is 14.0. The highest BCUT2D eigenvalue weighted by atomic mass is 32.1. The van der Waals surface area contributed by atoms with Crippen LogP contribution in [0.25, 0.3) is 21.5 Å². The van der Waals surface area contributed by atoms with E-state index in [1.165, 1.54) is 10.8 Å². The summed E-state index contributed by atoms with van der Waals surface area (Å²) in [4.78, 5) is 19.4. The topological polar surface area (TPSA) is 46.3 Å². The van der Waals surface area contributed by atoms with Crippen LogP contribution in [-0.4, -0.2) is 28.9 Å². The summed E-state index contributed by atoms with van der Waals surface area (Å²) in [6.45, 7) is 1.32. The molecule has 2 aromatic carbocycles. The summed E-state index contributed by atoms with van der Waals surface area (Å²) < 4.78 is 20.8. The van der Waals surface area contributed by atoms with Crippen LogP contribution in [0.15, 0.2) is 65.1 Å². The average molecular weight is 406 g/mol. The molecule has 0 spiro atoms. The van der Waals surface area contributed by atoms with E-state index in [-0.39, 0.29) is 17.5 Å². The quantitative estimate of drug-likeness (QED) is 0.437. The summed E-state index contributed by atoms with van der Waals surface area (Å²) in [6, 6.07) is 17.9. The number of furan rings is 1. The molecule has 0 unspecified atom stereocenters. The summed E-state index contributed by atoms with van der Waals surface area (Å²) in [5, 5.41) is 1.15. The Bertz CT molecular complexity index is 1140. The fraction of sp³-hybridized carbons (Fsp3) is 0.217. The Morgan fingerprint density at radius 3 is 2.59 bits per heavy atom. The second kappa shape index (κ2) is 7.44. The molecule has 0 bridgehead atoms. The third kappa shape index (κ3) is 3.44. The SMILES string of the molecule is O=C(c1ccc(-c2ccccc2F)o1)N1CCC(c2nc3ccccc3s2)CC1. The number of benzene rings is 2. The molecule has 29 heavy (non-hydrogen) atoms. The Balaban J connectivity index is 1.27. The molecular weight excluding hydrogens is 387 g/mol. The van der Waals surface area contributed by atoms with Crippen molar-refractivity contribution in [3.05, 3.63) is 77.2 Å². The van der Waals surface area contributed by atoms with E-state index < -0.39 is 0 Å². The summed E-state index contributed by atoms with van der Waals surface area (Å²) in [7, 11) is 0. The van der Waals surface area contributed by atoms with Gasteiger partial charge in [0.1, 0.15) is 11.6 Å². The van der Waals surface area contributed by atoms with Crippen LogP contribution in [0.3, 0.4) is 0 Å². The van der Waals surface area contributed by atoms with Gasteiger partial charge in [-0.3, -0.25) is 4.79 Å². The van der Waals surface area contributed by atoms with Crippen molar-refractivity contribution in [2.24, 2.45) is 0 Å². The molecule has 5 rings (SSSR count). The average Bonchev–Trinajstić information content (AvgIpc) is 3.41. The minimum absolute atomic E-state index is 0.143. The minimum atomic E-state index is -0.363. The summed E-state index contributed by atoms with van der Waals surface area (Å²) in [5.74, 6) is 0.493. The van der Waals surface area contributed by atoms with Crippen molar-refractivity contribution in [2.75, 3.05) is 13.1 Å². The fourth-order valence-corrected chi connectivity index (χ4v) is 4.95. The van der Waals surface area contributed by atoms with Crippen LogP contribution in [0.5, 0.6) is 0 Å². The Kier molecular flexibility index (Phi) is 4.64. The maximum absolute atomic E-state index is 14.0. The molecule has 1 saturated heterocycles. The molecule has 0 N–H and O–H groups in total. The predicted octanol–water partition coefficient (Wildman–Crippen LogP) is 5.72. The highest BCUT2D eigenvalue weighted by Crippen LogP contribution is 2.34. The first-order valence-electron chi connectivity index (χ1n) is 9.68. The second-order valence-corrected chi connectivity index (χ2v) is 8.29. The molecule has 1 fully saturated rings. The number of amides is 1. The highest BCUT2D eigenvalue weighted by molar-refractivity contribution is 7.18. The van der Waals surface area contributed by atoms with Crippen LogP contribution in [0, 0.1) is 5.82 Å². The number of fused-ring (bicyclic) bond motifs is 1. The molecule has 146 valence electrons. The fourth-order valence-electron chi connectivity index (χ4n) is 3.81. The zero-order valence-corrected chi connectivity index (χ0v) is 16.5. The van der Waals surface area contributed by atoms with Gasteiger partial charge in [0, 0.05) is 19.0 Å². The normalized spacial score (nSPS) is 15.1. The van der Waals surface area contributed by atoms with E-state index in [1.54, 1.807) is 41.7 Å². The van der Waals surface area contributed by atoms with Crippen molar-refractivity contribution in [2.45, 2.75) is 18.8 Å². The van der Waals surface area contributed by atoms with Gasteiger partial charge in [-0.05, 0) is 49.2 Å². The first-order chi connectivity index (χ1) is 14.2. The molecule has 2 aromatic heterocycles. The minimum Gasteiger partial charge on any atom is -0.451 e. The van der Waals surface area contributed by atoms with E-state index in [0.29, 0.717) is 30.3 Å². The van der Waals surface area contributed by atoms with Crippen LogP contribution >= 0.6 is 11.3 Å². The van der Waals surface area contributed by atoms with Gasteiger partial charge in [-0.2, -0.15) is 0 Å². The lowest BCUT2D eigenvalue weighted by molar-refractivity contribution is 0.0681. The molecule has 3 heterocycles. The molecule has 0 atom stereocenters. The lowest BCUT2D eigenvalue weighted by Crippen LogP contribution is -2.37. The van der Waals surface area contributed by atoms with E-state index in [4.69, 9.17) is 9.40 Å². The Morgan fingerprint density at radius 2 is 1.79 bits per heavy atom. The highest BCUT2D eigenvalue weighted by Gasteiger charge is 2.28. The van der Waals surface area contributed by atoms with Gasteiger partial charge in [0.25, 0.3) is 5.91 Å². The summed E-state index contributed by atoms with van der Waals surface area (Å²) >= 11 is 1.74. The monoisotopic (exact) mass is 406 g/mol. The van der Waals surface area contributed by atoms with Crippen molar-refractivity contribution >= 4 is 27.5 Å². The number of likely N-dealkylation sites (tertiary alicyclic amines) is 1. The van der Waals surface area contributed by atoms with Gasteiger partial charge in [0.2, 0.25) is 0 Å². The number of aromatic nitrogens is 1. The predicted molar refractivity (Wildman–Crippen MR) is 112 cm³/mol. The van der Waals surface area contributed by atoms with Crippen molar-refractivity contribution < 1.29 is 13.6 Å². The number of hydrogen-bond acceptors (Lipinski definition) is 4. The third-order valence-corrected chi connectivity index (χ3v) is 6.60. The number of hydrogen-bond donors (Lipinski definition) is 0. The first kappa shape index (κ1) is 18.1. The molecule has 4 nitrogen and oxygen atoms in total. The molecular formula is C23H19FN2O2S. The molecule has 6 heteroatoms. The van der Waals surface area contributed by atoms with Gasteiger partial charge >= 0.3 is 0 Å². The first-order valence-corrected chi connectivity index (χ1v) is 10.5. The van der Waals surface area contributed by atoms with Crippen molar-refractivity contribution in [1.29, 1.82) is 0 Å². The van der Waals surface area contributed by atoms with Crippen LogP contribution in [0.4, 0.5) is 4.39 Å². The summed E-state index contributed by atoms with van der Waals surface area (Å²) in [5.41, 5.74) is 1.41. The van der Waals surface area contributed by atoms with Crippen molar-refractivity contribution in [1.82, 2.24) is 9.88 Å². The lowest BCUT2D eigenvalue weighted by Gasteiger charge is -2.30. The standard InChI is InChI=1S/C23H19FN2O2S/c24-17-6-2-1-5-16(17)19-9-10-20(28-19)23(27)26-13-11-15(12-14-26)22-25-18-7-3-4-8-21(18)29-22/h1-10,15H,11-14H2. The number of carbonyl (C=O) groups excluding carboxylic acids is 1. The Morgan fingerprint density at radius 1 is 1.03 bits per heavy atom. The van der Waals surface area contributed by atoms with E-state index in [9.17, 15) is 9.18 Å². The number of thiazole rings is 1. The maximum Gasteiger partial charge on any atom is 0.289 e. The van der Waals surface area contributed by atoms with E-state index in [2.05, 4.69) is 6.07 Å². The molecule has 1 amide bonds. The van der Waals surface area contributed by atoms with Gasteiger partial charge in [-0.15, -0.1) is 11.3 Å². The number of carbonyl (C=O) groups is 1. The van der Waals surface area contributed by atoms with Crippen LogP contribution in [0.1, 0.15) is 34.3 Å². The molecule has 4 aromatic rings. The van der Waals surface area contributed by atoms with Gasteiger partial charge < -0.3 is 9.32 Å². The number of nitrogens with zero attached hydrogens (tertiary/aromatic N) is 2.